The average Bonchev–Trinajstić information content (AvgIpc) is 3.02. The maximum Gasteiger partial charge on any atom is 0.162 e. The molecule has 0 bridgehead atoms. The van der Waals surface area contributed by atoms with Crippen LogP contribution in [0.25, 0.3) is 10.4 Å². The van der Waals surface area contributed by atoms with Crippen molar-refractivity contribution in [3.63, 3.8) is 0 Å². The number of halogens is 1. The van der Waals surface area contributed by atoms with Gasteiger partial charge in [-0.05, 0) is 36.2 Å². The molecule has 5 heteroatoms. The minimum Gasteiger partial charge on any atom is -0.362 e. The summed E-state index contributed by atoms with van der Waals surface area (Å²) in [5.74, 6) is 0.0940. The average molecular weight is 359 g/mol. The van der Waals surface area contributed by atoms with E-state index < -0.39 is 0 Å². The number of carbonyl (C=O) groups excluding carboxylic acids is 1. The molecule has 0 unspecified atom stereocenters. The van der Waals surface area contributed by atoms with Crippen LogP contribution in [0.15, 0.2) is 60.9 Å². The molecule has 2 aromatic heterocycles. The van der Waals surface area contributed by atoms with E-state index in [0.717, 1.165) is 27.5 Å². The van der Waals surface area contributed by atoms with Gasteiger partial charge in [0.15, 0.2) is 5.78 Å². The van der Waals surface area contributed by atoms with Crippen molar-refractivity contribution in [3.05, 3.63) is 72.1 Å². The van der Waals surface area contributed by atoms with Gasteiger partial charge in [0.1, 0.15) is 5.00 Å². The molecule has 0 aliphatic carbocycles. The van der Waals surface area contributed by atoms with Crippen LogP contribution >= 0.6 is 23.7 Å². The zero-order valence-corrected chi connectivity index (χ0v) is 15.2. The van der Waals surface area contributed by atoms with Crippen molar-refractivity contribution in [2.45, 2.75) is 13.5 Å². The lowest BCUT2D eigenvalue weighted by Crippen LogP contribution is -2.17. The van der Waals surface area contributed by atoms with E-state index >= 15 is 0 Å². The fourth-order valence-corrected chi connectivity index (χ4v) is 3.68. The molecule has 0 amide bonds. The third kappa shape index (κ3) is 4.02. The second-order valence-corrected chi connectivity index (χ2v) is 6.49. The Morgan fingerprint density at radius 2 is 1.79 bits per heavy atom. The number of Topliss-reactive ketones (excluding diaryl/α,β-unsaturated/α-hetero) is 1. The maximum absolute atomic E-state index is 12.0. The first-order valence-corrected chi connectivity index (χ1v) is 8.27. The molecule has 3 rings (SSSR count). The Balaban J connectivity index is 0.00000208. The van der Waals surface area contributed by atoms with Gasteiger partial charge in [0.25, 0.3) is 0 Å². The van der Waals surface area contributed by atoms with Gasteiger partial charge in [-0.15, -0.1) is 23.7 Å². The van der Waals surface area contributed by atoms with E-state index in [1.54, 1.807) is 30.7 Å². The Hall–Kier alpha value is -2.17. The third-order valence-electron chi connectivity index (χ3n) is 3.67. The number of nitrogens with zero attached hydrogens (tertiary/aromatic N) is 2. The van der Waals surface area contributed by atoms with E-state index in [0.29, 0.717) is 0 Å². The van der Waals surface area contributed by atoms with Crippen molar-refractivity contribution >= 4 is 34.5 Å². The number of pyridine rings is 1. The summed E-state index contributed by atoms with van der Waals surface area (Å²) < 4.78 is 0. The first-order chi connectivity index (χ1) is 11.1. The van der Waals surface area contributed by atoms with Crippen LogP contribution < -0.4 is 4.90 Å². The Morgan fingerprint density at radius 3 is 2.42 bits per heavy atom. The van der Waals surface area contributed by atoms with Crippen LogP contribution in [0.2, 0.25) is 0 Å². The van der Waals surface area contributed by atoms with E-state index in [-0.39, 0.29) is 18.2 Å². The van der Waals surface area contributed by atoms with Crippen LogP contribution in [0.1, 0.15) is 22.8 Å². The van der Waals surface area contributed by atoms with E-state index in [2.05, 4.69) is 22.0 Å². The first-order valence-electron chi connectivity index (χ1n) is 7.45. The molecule has 0 atom stereocenters. The number of carbonyl (C=O) groups is 1. The minimum absolute atomic E-state index is 0. The summed E-state index contributed by atoms with van der Waals surface area (Å²) in [5.41, 5.74) is 3.09. The molecule has 0 spiro atoms. The highest BCUT2D eigenvalue weighted by Gasteiger charge is 2.17. The lowest BCUT2D eigenvalue weighted by atomic mass is 10.1. The molecule has 0 radical (unpaired) electrons. The molecule has 3 aromatic rings. The van der Waals surface area contributed by atoms with Gasteiger partial charge in [-0.1, -0.05) is 30.3 Å². The molecule has 0 fully saturated rings. The first kappa shape index (κ1) is 18.2. The predicted molar refractivity (Wildman–Crippen MR) is 103 cm³/mol. The molecule has 0 aliphatic heterocycles. The highest BCUT2D eigenvalue weighted by molar-refractivity contribution is 7.19. The molecule has 2 heterocycles. The van der Waals surface area contributed by atoms with Crippen molar-refractivity contribution in [2.24, 2.45) is 0 Å². The number of ketones is 1. The van der Waals surface area contributed by atoms with Crippen molar-refractivity contribution < 1.29 is 4.79 Å². The van der Waals surface area contributed by atoms with E-state index in [1.165, 1.54) is 5.56 Å². The molecule has 3 nitrogen and oxygen atoms in total. The van der Waals surface area contributed by atoms with Gasteiger partial charge in [0.2, 0.25) is 0 Å². The summed E-state index contributed by atoms with van der Waals surface area (Å²) in [6.45, 7) is 2.40. The Bertz CT molecular complexity index is 803. The van der Waals surface area contributed by atoms with Gasteiger partial charge in [-0.2, -0.15) is 0 Å². The van der Waals surface area contributed by atoms with Crippen LogP contribution in [-0.2, 0) is 6.54 Å². The number of rotatable bonds is 5. The molecule has 24 heavy (non-hydrogen) atoms. The predicted octanol–water partition coefficient (Wildman–Crippen LogP) is 5.07. The van der Waals surface area contributed by atoms with Gasteiger partial charge in [-0.3, -0.25) is 9.78 Å². The smallest absolute Gasteiger partial charge is 0.162 e. The normalized spacial score (nSPS) is 10.1. The molecular formula is C19H19ClN2OS. The van der Waals surface area contributed by atoms with Gasteiger partial charge < -0.3 is 4.90 Å². The van der Waals surface area contributed by atoms with Crippen molar-refractivity contribution in [2.75, 3.05) is 11.9 Å². The topological polar surface area (TPSA) is 33.2 Å². The van der Waals surface area contributed by atoms with Crippen LogP contribution in [0.4, 0.5) is 5.00 Å². The SMILES string of the molecule is CC(=O)c1cc(-c2ccncc2)sc1N(C)Cc1ccccc1.Cl. The standard InChI is InChI=1S/C19H18N2OS.ClH/c1-14(22)17-12-18(16-8-10-20-11-9-16)23-19(17)21(2)13-15-6-4-3-5-7-15;/h3-12H,13H2,1-2H3;1H. The maximum atomic E-state index is 12.0. The minimum atomic E-state index is 0. The number of anilines is 1. The van der Waals surface area contributed by atoms with Crippen LogP contribution in [-0.4, -0.2) is 17.8 Å². The molecule has 0 saturated heterocycles. The number of benzene rings is 1. The molecule has 0 aliphatic rings. The van der Waals surface area contributed by atoms with Crippen LogP contribution in [0.5, 0.6) is 0 Å². The molecule has 0 N–H and O–H groups in total. The fraction of sp³-hybridized carbons (Fsp3) is 0.158. The van der Waals surface area contributed by atoms with Crippen molar-refractivity contribution in [3.8, 4) is 10.4 Å². The van der Waals surface area contributed by atoms with Gasteiger partial charge in [0.05, 0.1) is 5.56 Å². The van der Waals surface area contributed by atoms with Gasteiger partial charge in [0, 0.05) is 30.9 Å². The van der Waals surface area contributed by atoms with Gasteiger partial charge in [-0.25, -0.2) is 0 Å². The molecule has 1 aromatic carbocycles. The van der Waals surface area contributed by atoms with E-state index in [4.69, 9.17) is 0 Å². The van der Waals surface area contributed by atoms with Crippen LogP contribution in [0.3, 0.4) is 0 Å². The Labute approximate surface area is 152 Å². The van der Waals surface area contributed by atoms with E-state index in [1.807, 2.05) is 43.4 Å². The highest BCUT2D eigenvalue weighted by Crippen LogP contribution is 2.37. The highest BCUT2D eigenvalue weighted by atomic mass is 35.5. The monoisotopic (exact) mass is 358 g/mol. The summed E-state index contributed by atoms with van der Waals surface area (Å²) >= 11 is 1.65. The molecule has 0 saturated carbocycles. The largest absolute Gasteiger partial charge is 0.362 e. The van der Waals surface area contributed by atoms with Crippen LogP contribution in [0, 0.1) is 0 Å². The fourth-order valence-electron chi connectivity index (χ4n) is 2.50. The zero-order valence-electron chi connectivity index (χ0n) is 13.6. The second-order valence-electron chi connectivity index (χ2n) is 5.46. The number of aromatic nitrogens is 1. The zero-order chi connectivity index (χ0) is 16.2. The molecule has 124 valence electrons. The van der Waals surface area contributed by atoms with Gasteiger partial charge >= 0.3 is 0 Å². The quantitative estimate of drug-likeness (QED) is 0.597. The number of hydrogen-bond donors (Lipinski definition) is 0. The molecular weight excluding hydrogens is 340 g/mol. The summed E-state index contributed by atoms with van der Waals surface area (Å²) in [6.07, 6.45) is 3.55. The second kappa shape index (κ2) is 8.08. The number of thiophene rings is 1. The lowest BCUT2D eigenvalue weighted by Gasteiger charge is -2.18. The van der Waals surface area contributed by atoms with Crippen molar-refractivity contribution in [1.29, 1.82) is 0 Å². The summed E-state index contributed by atoms with van der Waals surface area (Å²) in [4.78, 5) is 19.3. The van der Waals surface area contributed by atoms with Crippen molar-refractivity contribution in [1.82, 2.24) is 4.98 Å². The Morgan fingerprint density at radius 1 is 1.12 bits per heavy atom. The summed E-state index contributed by atoms with van der Waals surface area (Å²) in [5, 5.41) is 1.01. The Kier molecular flexibility index (Phi) is 6.12. The number of hydrogen-bond acceptors (Lipinski definition) is 4. The summed E-state index contributed by atoms with van der Waals surface area (Å²) in [7, 11) is 2.03. The van der Waals surface area contributed by atoms with E-state index in [9.17, 15) is 4.79 Å². The third-order valence-corrected chi connectivity index (χ3v) is 4.96. The lowest BCUT2D eigenvalue weighted by molar-refractivity contribution is 0.101. The summed E-state index contributed by atoms with van der Waals surface area (Å²) in [6, 6.07) is 16.2.